The topological polar surface area (TPSA) is 105 Å². The lowest BCUT2D eigenvalue weighted by Gasteiger charge is -2.17. The molecule has 8 nitrogen and oxygen atoms in total. The molecule has 2 aromatic carbocycles. The molecule has 2 N–H and O–H groups in total. The lowest BCUT2D eigenvalue weighted by atomic mass is 10.2. The second-order valence-corrected chi connectivity index (χ2v) is 8.29. The molecular weight excluding hydrogens is 382 g/mol. The third-order valence-electron chi connectivity index (χ3n) is 4.33. The molecule has 0 spiro atoms. The van der Waals surface area contributed by atoms with Crippen molar-refractivity contribution in [3.05, 3.63) is 54.1 Å². The van der Waals surface area contributed by atoms with Crippen LogP contribution in [0, 0.1) is 0 Å². The molecule has 0 aromatic heterocycles. The van der Waals surface area contributed by atoms with E-state index in [4.69, 9.17) is 4.74 Å². The molecule has 2 amide bonds. The second-order valence-electron chi connectivity index (χ2n) is 6.27. The number of carbonyl (C=O) groups excluding carboxylic acids is 2. The third kappa shape index (κ3) is 4.61. The van der Waals surface area contributed by atoms with Crippen LogP contribution in [0.25, 0.3) is 0 Å². The maximum Gasteiger partial charge on any atom is 0.313 e. The van der Waals surface area contributed by atoms with E-state index in [1.807, 2.05) is 0 Å². The van der Waals surface area contributed by atoms with E-state index < -0.39 is 21.8 Å². The Hall–Kier alpha value is -3.07. The molecule has 1 aliphatic heterocycles. The summed E-state index contributed by atoms with van der Waals surface area (Å²) in [5, 5.41) is 5.04. The molecule has 0 aliphatic carbocycles. The summed E-state index contributed by atoms with van der Waals surface area (Å²) < 4.78 is 30.3. The van der Waals surface area contributed by atoms with E-state index in [0.717, 1.165) is 5.56 Å². The first-order valence-electron chi connectivity index (χ1n) is 8.71. The Morgan fingerprint density at radius 2 is 1.71 bits per heavy atom. The van der Waals surface area contributed by atoms with Crippen molar-refractivity contribution in [2.45, 2.75) is 13.0 Å². The Morgan fingerprint density at radius 3 is 2.29 bits per heavy atom. The summed E-state index contributed by atoms with van der Waals surface area (Å²) in [7, 11) is -1.69. The summed E-state index contributed by atoms with van der Waals surface area (Å²) >= 11 is 0. The second kappa shape index (κ2) is 8.30. The SMILES string of the molecule is COc1ccc(CNC(=O)C(=O)Nc2ccc(N3CCCS3(=O)=O)cc2)cc1. The fourth-order valence-corrected chi connectivity index (χ4v) is 4.40. The van der Waals surface area contributed by atoms with Crippen molar-refractivity contribution in [3.63, 3.8) is 0 Å². The zero-order valence-electron chi connectivity index (χ0n) is 15.3. The minimum Gasteiger partial charge on any atom is -0.497 e. The van der Waals surface area contributed by atoms with Gasteiger partial charge in [-0.05, 0) is 48.4 Å². The lowest BCUT2D eigenvalue weighted by Crippen LogP contribution is -2.34. The molecule has 0 unspecified atom stereocenters. The van der Waals surface area contributed by atoms with Gasteiger partial charge in [0.1, 0.15) is 5.75 Å². The summed E-state index contributed by atoms with van der Waals surface area (Å²) in [4.78, 5) is 24.0. The summed E-state index contributed by atoms with van der Waals surface area (Å²) in [6, 6.07) is 13.5. The number of nitrogens with one attached hydrogen (secondary N) is 2. The zero-order chi connectivity index (χ0) is 20.1. The molecule has 1 heterocycles. The molecule has 1 saturated heterocycles. The van der Waals surface area contributed by atoms with Gasteiger partial charge in [0.15, 0.2) is 0 Å². The predicted molar refractivity (Wildman–Crippen MR) is 106 cm³/mol. The van der Waals surface area contributed by atoms with Crippen LogP contribution in [0.1, 0.15) is 12.0 Å². The lowest BCUT2D eigenvalue weighted by molar-refractivity contribution is -0.136. The number of rotatable bonds is 5. The molecule has 0 saturated carbocycles. The minimum absolute atomic E-state index is 0.139. The molecule has 28 heavy (non-hydrogen) atoms. The van der Waals surface area contributed by atoms with Gasteiger partial charge in [0.25, 0.3) is 0 Å². The number of nitrogens with zero attached hydrogens (tertiary/aromatic N) is 1. The number of anilines is 2. The minimum atomic E-state index is -3.25. The summed E-state index contributed by atoms with van der Waals surface area (Å²) in [6.07, 6.45) is 0.592. The van der Waals surface area contributed by atoms with Gasteiger partial charge in [0.2, 0.25) is 10.0 Å². The van der Waals surface area contributed by atoms with Gasteiger partial charge in [-0.25, -0.2) is 8.42 Å². The average molecular weight is 403 g/mol. The first-order chi connectivity index (χ1) is 13.4. The quantitative estimate of drug-likeness (QED) is 0.736. The van der Waals surface area contributed by atoms with Gasteiger partial charge >= 0.3 is 11.8 Å². The first-order valence-corrected chi connectivity index (χ1v) is 10.3. The van der Waals surface area contributed by atoms with Gasteiger partial charge in [-0.3, -0.25) is 13.9 Å². The Kier molecular flexibility index (Phi) is 5.84. The van der Waals surface area contributed by atoms with E-state index in [2.05, 4.69) is 10.6 Å². The molecule has 1 fully saturated rings. The number of methoxy groups -OCH3 is 1. The van der Waals surface area contributed by atoms with E-state index in [0.29, 0.717) is 30.1 Å². The maximum atomic E-state index is 12.0. The number of benzene rings is 2. The van der Waals surface area contributed by atoms with Crippen molar-refractivity contribution in [2.24, 2.45) is 0 Å². The van der Waals surface area contributed by atoms with Crippen molar-refractivity contribution >= 4 is 33.2 Å². The van der Waals surface area contributed by atoms with Crippen LogP contribution in [0.2, 0.25) is 0 Å². The normalized spacial score (nSPS) is 15.1. The van der Waals surface area contributed by atoms with E-state index in [-0.39, 0.29) is 12.3 Å². The van der Waals surface area contributed by atoms with Gasteiger partial charge in [-0.2, -0.15) is 0 Å². The standard InChI is InChI=1S/C19H21N3O5S/c1-27-17-9-3-14(4-10-17)13-20-18(23)19(24)21-15-5-7-16(8-6-15)22-11-2-12-28(22,25)26/h3-10H,2,11-13H2,1H3,(H,20,23)(H,21,24). The molecule has 3 rings (SSSR count). The first kappa shape index (κ1) is 19.7. The van der Waals surface area contributed by atoms with E-state index in [1.165, 1.54) is 4.31 Å². The van der Waals surface area contributed by atoms with Crippen LogP contribution in [0.5, 0.6) is 5.75 Å². The number of sulfonamides is 1. The highest BCUT2D eigenvalue weighted by atomic mass is 32.2. The highest BCUT2D eigenvalue weighted by Crippen LogP contribution is 2.25. The van der Waals surface area contributed by atoms with Crippen LogP contribution < -0.4 is 19.7 Å². The fraction of sp³-hybridized carbons (Fsp3) is 0.263. The maximum absolute atomic E-state index is 12.0. The molecule has 2 aromatic rings. The summed E-state index contributed by atoms with van der Waals surface area (Å²) in [5.74, 6) is -0.713. The fourth-order valence-electron chi connectivity index (χ4n) is 2.83. The monoisotopic (exact) mass is 403 g/mol. The van der Waals surface area contributed by atoms with Crippen molar-refractivity contribution < 1.29 is 22.7 Å². The molecule has 148 valence electrons. The highest BCUT2D eigenvalue weighted by molar-refractivity contribution is 7.93. The van der Waals surface area contributed by atoms with Gasteiger partial charge in [0.05, 0.1) is 18.6 Å². The molecular formula is C19H21N3O5S. The third-order valence-corrected chi connectivity index (χ3v) is 6.20. The van der Waals surface area contributed by atoms with E-state index in [1.54, 1.807) is 55.6 Å². The molecule has 0 bridgehead atoms. The molecule has 0 radical (unpaired) electrons. The largest absolute Gasteiger partial charge is 0.497 e. The van der Waals surface area contributed by atoms with Gasteiger partial charge < -0.3 is 15.4 Å². The highest BCUT2D eigenvalue weighted by Gasteiger charge is 2.28. The summed E-state index contributed by atoms with van der Waals surface area (Å²) in [5.41, 5.74) is 1.78. The molecule has 9 heteroatoms. The zero-order valence-corrected chi connectivity index (χ0v) is 16.2. The van der Waals surface area contributed by atoms with Crippen molar-refractivity contribution in [2.75, 3.05) is 29.0 Å². The summed E-state index contributed by atoms with van der Waals surface area (Å²) in [6.45, 7) is 0.657. The van der Waals surface area contributed by atoms with Crippen molar-refractivity contribution in [3.8, 4) is 5.75 Å². The molecule has 1 aliphatic rings. The van der Waals surface area contributed by atoms with Crippen LogP contribution in [-0.2, 0) is 26.2 Å². The average Bonchev–Trinajstić information content (AvgIpc) is 3.06. The Bertz CT molecular complexity index is 956. The smallest absolute Gasteiger partial charge is 0.313 e. The van der Waals surface area contributed by atoms with E-state index in [9.17, 15) is 18.0 Å². The van der Waals surface area contributed by atoms with Gasteiger partial charge in [-0.1, -0.05) is 12.1 Å². The van der Waals surface area contributed by atoms with Crippen LogP contribution >= 0.6 is 0 Å². The van der Waals surface area contributed by atoms with Crippen LogP contribution in [0.3, 0.4) is 0 Å². The van der Waals surface area contributed by atoms with Crippen molar-refractivity contribution in [1.29, 1.82) is 0 Å². The van der Waals surface area contributed by atoms with Gasteiger partial charge in [-0.15, -0.1) is 0 Å². The number of hydrogen-bond donors (Lipinski definition) is 2. The van der Waals surface area contributed by atoms with Crippen molar-refractivity contribution in [1.82, 2.24) is 5.32 Å². The van der Waals surface area contributed by atoms with Crippen LogP contribution in [-0.4, -0.2) is 39.6 Å². The number of hydrogen-bond acceptors (Lipinski definition) is 5. The van der Waals surface area contributed by atoms with Gasteiger partial charge in [0, 0.05) is 18.8 Å². The number of amides is 2. The Balaban J connectivity index is 1.54. The predicted octanol–water partition coefficient (Wildman–Crippen LogP) is 1.49. The Labute approximate surface area is 163 Å². The van der Waals surface area contributed by atoms with E-state index >= 15 is 0 Å². The Morgan fingerprint density at radius 1 is 1.04 bits per heavy atom. The van der Waals surface area contributed by atoms with Crippen LogP contribution in [0.4, 0.5) is 11.4 Å². The molecule has 0 atom stereocenters. The number of carbonyl (C=O) groups is 2. The number of ether oxygens (including phenoxy) is 1. The van der Waals surface area contributed by atoms with Crippen LogP contribution in [0.15, 0.2) is 48.5 Å².